The summed E-state index contributed by atoms with van der Waals surface area (Å²) in [6.07, 6.45) is 5.43. The van der Waals surface area contributed by atoms with Crippen LogP contribution >= 0.6 is 0 Å². The molecule has 0 aromatic carbocycles. The quantitative estimate of drug-likeness (QED) is 0.730. The number of carboxylic acid groups (broad SMARTS) is 1. The average Bonchev–Trinajstić information content (AvgIpc) is 2.32. The van der Waals surface area contributed by atoms with E-state index in [1.54, 1.807) is 0 Å². The van der Waals surface area contributed by atoms with Crippen molar-refractivity contribution in [2.24, 2.45) is 5.41 Å². The van der Waals surface area contributed by atoms with Crippen molar-refractivity contribution >= 4 is 11.9 Å². The molecule has 1 fully saturated rings. The van der Waals surface area contributed by atoms with Crippen LogP contribution in [0, 0.1) is 5.41 Å². The van der Waals surface area contributed by atoms with Gasteiger partial charge in [-0.05, 0) is 18.3 Å². The summed E-state index contributed by atoms with van der Waals surface area (Å²) in [6, 6.07) is 1.28. The molecule has 0 spiro atoms. The van der Waals surface area contributed by atoms with Gasteiger partial charge in [-0.3, -0.25) is 14.4 Å². The van der Waals surface area contributed by atoms with Crippen molar-refractivity contribution in [3.63, 3.8) is 0 Å². The monoisotopic (exact) mass is 264 g/mol. The molecule has 0 aliphatic heterocycles. The lowest BCUT2D eigenvalue weighted by Gasteiger charge is -2.40. The standard InChI is InChI=1S/C13H16N2O4/c16-10-2-5-14-7-9(10)12(19)15-8-13(3-1-4-13)6-11(17)18/h2,5,7H,1,3-4,6,8H2,(H,14,16)(H,15,19)(H,17,18). The fourth-order valence-electron chi connectivity index (χ4n) is 2.37. The number of pyridine rings is 1. The van der Waals surface area contributed by atoms with Crippen LogP contribution in [0.1, 0.15) is 36.0 Å². The first-order valence-electron chi connectivity index (χ1n) is 6.20. The minimum Gasteiger partial charge on any atom is -0.481 e. The zero-order valence-electron chi connectivity index (χ0n) is 10.4. The Morgan fingerprint density at radius 1 is 1.42 bits per heavy atom. The number of nitrogens with one attached hydrogen (secondary N) is 2. The van der Waals surface area contributed by atoms with E-state index < -0.39 is 11.9 Å². The van der Waals surface area contributed by atoms with Crippen LogP contribution in [0.3, 0.4) is 0 Å². The SMILES string of the molecule is O=C(O)CC1(CNC(=O)c2c[nH]ccc2=O)CCC1. The Morgan fingerprint density at radius 3 is 2.68 bits per heavy atom. The molecule has 19 heavy (non-hydrogen) atoms. The van der Waals surface area contributed by atoms with Crippen LogP contribution in [0.25, 0.3) is 0 Å². The fourth-order valence-corrected chi connectivity index (χ4v) is 2.37. The molecule has 1 aromatic rings. The van der Waals surface area contributed by atoms with E-state index in [-0.39, 0.29) is 22.8 Å². The summed E-state index contributed by atoms with van der Waals surface area (Å²) in [5.41, 5.74) is -0.646. The largest absolute Gasteiger partial charge is 0.481 e. The molecule has 1 amide bonds. The molecule has 2 rings (SSSR count). The van der Waals surface area contributed by atoms with E-state index in [1.807, 2.05) is 0 Å². The molecule has 0 radical (unpaired) electrons. The molecular weight excluding hydrogens is 248 g/mol. The Bertz CT molecular complexity index is 546. The summed E-state index contributed by atoms with van der Waals surface area (Å²) in [6.45, 7) is 0.298. The highest BCUT2D eigenvalue weighted by molar-refractivity contribution is 5.93. The lowest BCUT2D eigenvalue weighted by Crippen LogP contribution is -2.44. The van der Waals surface area contributed by atoms with Gasteiger partial charge in [0.2, 0.25) is 0 Å². The van der Waals surface area contributed by atoms with Crippen LogP contribution in [-0.2, 0) is 4.79 Å². The number of carbonyl (C=O) groups is 2. The van der Waals surface area contributed by atoms with Gasteiger partial charge in [0.15, 0.2) is 5.43 Å². The Hall–Kier alpha value is -2.11. The molecule has 1 aliphatic carbocycles. The molecule has 0 bridgehead atoms. The number of H-pyrrole nitrogens is 1. The molecular formula is C13H16N2O4. The average molecular weight is 264 g/mol. The van der Waals surface area contributed by atoms with E-state index in [0.29, 0.717) is 6.54 Å². The third kappa shape index (κ3) is 3.01. The number of hydrogen-bond donors (Lipinski definition) is 3. The summed E-state index contributed by atoms with van der Waals surface area (Å²) in [7, 11) is 0. The molecule has 1 heterocycles. The van der Waals surface area contributed by atoms with Gasteiger partial charge >= 0.3 is 5.97 Å². The third-order valence-corrected chi connectivity index (χ3v) is 3.63. The van der Waals surface area contributed by atoms with E-state index in [4.69, 9.17) is 5.11 Å². The first-order chi connectivity index (χ1) is 9.02. The summed E-state index contributed by atoms with van der Waals surface area (Å²) in [5.74, 6) is -1.31. The van der Waals surface area contributed by atoms with Crippen molar-refractivity contribution in [2.75, 3.05) is 6.54 Å². The van der Waals surface area contributed by atoms with Gasteiger partial charge in [-0.25, -0.2) is 0 Å². The molecule has 6 nitrogen and oxygen atoms in total. The molecule has 0 unspecified atom stereocenters. The fraction of sp³-hybridized carbons (Fsp3) is 0.462. The maximum Gasteiger partial charge on any atom is 0.303 e. The lowest BCUT2D eigenvalue weighted by molar-refractivity contribution is -0.141. The topological polar surface area (TPSA) is 99.3 Å². The van der Waals surface area contributed by atoms with Gasteiger partial charge in [-0.15, -0.1) is 0 Å². The Morgan fingerprint density at radius 2 is 2.16 bits per heavy atom. The van der Waals surface area contributed by atoms with Crippen LogP contribution < -0.4 is 10.7 Å². The number of carboxylic acids is 1. The van der Waals surface area contributed by atoms with E-state index in [9.17, 15) is 14.4 Å². The molecule has 102 valence electrons. The molecule has 1 aliphatic rings. The van der Waals surface area contributed by atoms with Crippen LogP contribution in [0.2, 0.25) is 0 Å². The summed E-state index contributed by atoms with van der Waals surface area (Å²) < 4.78 is 0. The second-order valence-electron chi connectivity index (χ2n) is 5.03. The van der Waals surface area contributed by atoms with Gasteiger partial charge < -0.3 is 15.4 Å². The number of aliphatic carboxylic acids is 1. The highest BCUT2D eigenvalue weighted by Crippen LogP contribution is 2.43. The van der Waals surface area contributed by atoms with Crippen LogP contribution in [0.4, 0.5) is 0 Å². The highest BCUT2D eigenvalue weighted by atomic mass is 16.4. The van der Waals surface area contributed by atoms with Crippen LogP contribution in [0.5, 0.6) is 0 Å². The maximum absolute atomic E-state index is 11.9. The predicted octanol–water partition coefficient (Wildman–Crippen LogP) is 0.750. The smallest absolute Gasteiger partial charge is 0.303 e. The Labute approximate surface area is 109 Å². The first kappa shape index (κ1) is 13.3. The van der Waals surface area contributed by atoms with Gasteiger partial charge in [0.05, 0.1) is 6.42 Å². The molecule has 0 saturated heterocycles. The normalized spacial score (nSPS) is 16.4. The van der Waals surface area contributed by atoms with Crippen molar-refractivity contribution in [2.45, 2.75) is 25.7 Å². The van der Waals surface area contributed by atoms with Gasteiger partial charge in [0.1, 0.15) is 5.56 Å². The summed E-state index contributed by atoms with van der Waals surface area (Å²) >= 11 is 0. The van der Waals surface area contributed by atoms with E-state index in [0.717, 1.165) is 19.3 Å². The number of aromatic nitrogens is 1. The van der Waals surface area contributed by atoms with Crippen LogP contribution in [0.15, 0.2) is 23.3 Å². The number of amides is 1. The Balaban J connectivity index is 1.99. The zero-order chi connectivity index (χ0) is 13.9. The minimum atomic E-state index is -0.855. The van der Waals surface area contributed by atoms with Crippen molar-refractivity contribution in [1.29, 1.82) is 0 Å². The van der Waals surface area contributed by atoms with Crippen molar-refractivity contribution in [3.8, 4) is 0 Å². The molecule has 1 aromatic heterocycles. The summed E-state index contributed by atoms with van der Waals surface area (Å²) in [4.78, 5) is 36.8. The number of hydrogen-bond acceptors (Lipinski definition) is 3. The second kappa shape index (κ2) is 5.26. The molecule has 3 N–H and O–H groups in total. The lowest BCUT2D eigenvalue weighted by atomic mass is 9.66. The number of aromatic amines is 1. The number of rotatable bonds is 5. The van der Waals surface area contributed by atoms with E-state index in [2.05, 4.69) is 10.3 Å². The minimum absolute atomic E-state index is 0.0484. The summed E-state index contributed by atoms with van der Waals surface area (Å²) in [5, 5.41) is 11.5. The van der Waals surface area contributed by atoms with Crippen molar-refractivity contribution in [3.05, 3.63) is 34.2 Å². The van der Waals surface area contributed by atoms with E-state index in [1.165, 1.54) is 18.5 Å². The highest BCUT2D eigenvalue weighted by Gasteiger charge is 2.39. The van der Waals surface area contributed by atoms with Crippen molar-refractivity contribution < 1.29 is 14.7 Å². The number of carbonyl (C=O) groups excluding carboxylic acids is 1. The van der Waals surface area contributed by atoms with Crippen molar-refractivity contribution in [1.82, 2.24) is 10.3 Å². The van der Waals surface area contributed by atoms with Gasteiger partial charge in [0, 0.05) is 25.0 Å². The first-order valence-corrected chi connectivity index (χ1v) is 6.20. The van der Waals surface area contributed by atoms with Crippen LogP contribution in [-0.4, -0.2) is 28.5 Å². The van der Waals surface area contributed by atoms with E-state index >= 15 is 0 Å². The van der Waals surface area contributed by atoms with Gasteiger partial charge in [-0.1, -0.05) is 6.42 Å². The second-order valence-corrected chi connectivity index (χ2v) is 5.03. The molecule has 1 saturated carbocycles. The molecule has 0 atom stereocenters. The van der Waals surface area contributed by atoms with Gasteiger partial charge in [0.25, 0.3) is 5.91 Å². The zero-order valence-corrected chi connectivity index (χ0v) is 10.4. The third-order valence-electron chi connectivity index (χ3n) is 3.63. The van der Waals surface area contributed by atoms with Gasteiger partial charge in [-0.2, -0.15) is 0 Å². The maximum atomic E-state index is 11.9. The Kier molecular flexibility index (Phi) is 3.69. The predicted molar refractivity (Wildman–Crippen MR) is 67.9 cm³/mol. The molecule has 6 heteroatoms.